The van der Waals surface area contributed by atoms with Gasteiger partial charge in [0.05, 0.1) is 20.0 Å². The minimum atomic E-state index is -0.281. The van der Waals surface area contributed by atoms with Gasteiger partial charge < -0.3 is 20.0 Å². The van der Waals surface area contributed by atoms with Crippen LogP contribution >= 0.6 is 0 Å². The third-order valence-electron chi connectivity index (χ3n) is 5.83. The number of piperazine rings is 1. The summed E-state index contributed by atoms with van der Waals surface area (Å²) in [5.74, 6) is -0.304. The molecule has 1 amide bonds. The SMILES string of the molecule is CN(C)c1ccc([C@@H](CNC(=O)Cc2ccc(F)cc2)[NH+]2CC[NH+](C)CC2)cc1. The monoisotopic (exact) mass is 400 g/mol. The van der Waals surface area contributed by atoms with Crippen LogP contribution < -0.4 is 20.0 Å². The summed E-state index contributed by atoms with van der Waals surface area (Å²) in [6.45, 7) is 5.09. The molecule has 1 heterocycles. The topological polar surface area (TPSA) is 41.2 Å². The maximum atomic E-state index is 13.1. The van der Waals surface area contributed by atoms with Gasteiger partial charge in [0.1, 0.15) is 38.0 Å². The molecule has 3 N–H and O–H groups in total. The fourth-order valence-electron chi connectivity index (χ4n) is 3.92. The summed E-state index contributed by atoms with van der Waals surface area (Å²) < 4.78 is 13.1. The number of anilines is 1. The molecule has 6 heteroatoms. The van der Waals surface area contributed by atoms with Crippen molar-refractivity contribution in [3.05, 3.63) is 65.5 Å². The van der Waals surface area contributed by atoms with E-state index < -0.39 is 0 Å². The lowest BCUT2D eigenvalue weighted by atomic mass is 10.0. The summed E-state index contributed by atoms with van der Waals surface area (Å²) in [7, 11) is 6.31. The normalized spacial score (nSPS) is 20.1. The van der Waals surface area contributed by atoms with Crippen molar-refractivity contribution in [3.63, 3.8) is 0 Å². The van der Waals surface area contributed by atoms with E-state index in [1.807, 2.05) is 14.1 Å². The summed E-state index contributed by atoms with van der Waals surface area (Å²) in [5, 5.41) is 3.12. The van der Waals surface area contributed by atoms with Gasteiger partial charge in [0.15, 0.2) is 0 Å². The Morgan fingerprint density at radius 3 is 2.24 bits per heavy atom. The lowest BCUT2D eigenvalue weighted by Gasteiger charge is -2.33. The number of rotatable bonds is 7. The molecule has 1 fully saturated rings. The number of carbonyl (C=O) groups is 1. The van der Waals surface area contributed by atoms with Gasteiger partial charge >= 0.3 is 0 Å². The van der Waals surface area contributed by atoms with E-state index in [9.17, 15) is 9.18 Å². The van der Waals surface area contributed by atoms with Crippen molar-refractivity contribution < 1.29 is 19.0 Å². The molecule has 0 aromatic heterocycles. The average Bonchev–Trinajstić information content (AvgIpc) is 2.71. The van der Waals surface area contributed by atoms with Gasteiger partial charge in [-0.3, -0.25) is 4.79 Å². The highest BCUT2D eigenvalue weighted by Crippen LogP contribution is 2.16. The van der Waals surface area contributed by atoms with Crippen molar-refractivity contribution in [2.45, 2.75) is 12.5 Å². The molecule has 156 valence electrons. The predicted octanol–water partition coefficient (Wildman–Crippen LogP) is -0.295. The fraction of sp³-hybridized carbons (Fsp3) is 0.435. The number of hydrogen-bond donors (Lipinski definition) is 3. The van der Waals surface area contributed by atoms with Crippen LogP contribution in [0.2, 0.25) is 0 Å². The molecule has 2 aromatic carbocycles. The Bertz CT molecular complexity index is 784. The van der Waals surface area contributed by atoms with E-state index in [0.29, 0.717) is 6.54 Å². The van der Waals surface area contributed by atoms with E-state index >= 15 is 0 Å². The smallest absolute Gasteiger partial charge is 0.224 e. The third kappa shape index (κ3) is 6.02. The second-order valence-electron chi connectivity index (χ2n) is 8.26. The molecule has 1 aliphatic heterocycles. The maximum Gasteiger partial charge on any atom is 0.224 e. The zero-order valence-electron chi connectivity index (χ0n) is 17.7. The van der Waals surface area contributed by atoms with E-state index in [4.69, 9.17) is 0 Å². The largest absolute Gasteiger partial charge is 0.378 e. The Balaban J connectivity index is 1.67. The average molecular weight is 401 g/mol. The van der Waals surface area contributed by atoms with Crippen LogP contribution in [0.3, 0.4) is 0 Å². The van der Waals surface area contributed by atoms with Crippen LogP contribution in [0.1, 0.15) is 17.2 Å². The lowest BCUT2D eigenvalue weighted by molar-refractivity contribution is -1.02. The van der Waals surface area contributed by atoms with Crippen LogP contribution in [0, 0.1) is 5.82 Å². The molecule has 2 aromatic rings. The maximum absolute atomic E-state index is 13.1. The van der Waals surface area contributed by atoms with Crippen molar-refractivity contribution in [1.29, 1.82) is 0 Å². The molecule has 5 nitrogen and oxygen atoms in total. The van der Waals surface area contributed by atoms with Gasteiger partial charge in [-0.05, 0) is 29.8 Å². The van der Waals surface area contributed by atoms with E-state index in [0.717, 1.165) is 31.7 Å². The first-order valence-electron chi connectivity index (χ1n) is 10.4. The Labute approximate surface area is 173 Å². The molecular weight excluding hydrogens is 367 g/mol. The number of benzene rings is 2. The Kier molecular flexibility index (Phi) is 7.23. The van der Waals surface area contributed by atoms with E-state index in [1.165, 1.54) is 28.3 Å². The number of nitrogens with one attached hydrogen (secondary N) is 3. The van der Waals surface area contributed by atoms with Gasteiger partial charge in [0.25, 0.3) is 0 Å². The summed E-state index contributed by atoms with van der Waals surface area (Å²) in [4.78, 5) is 17.7. The van der Waals surface area contributed by atoms with Crippen LogP contribution in [0.5, 0.6) is 0 Å². The molecule has 1 atom stereocenters. The zero-order chi connectivity index (χ0) is 20.8. The van der Waals surface area contributed by atoms with E-state index in [-0.39, 0.29) is 24.2 Å². The molecule has 0 radical (unpaired) electrons. The second-order valence-corrected chi connectivity index (χ2v) is 8.26. The van der Waals surface area contributed by atoms with Crippen molar-refractivity contribution in [2.75, 3.05) is 58.8 Å². The molecule has 0 spiro atoms. The molecular formula is C23H33FN4O+2. The van der Waals surface area contributed by atoms with Gasteiger partial charge in [-0.15, -0.1) is 0 Å². The standard InChI is InChI=1S/C23H31FN4O/c1-26(2)21-10-6-19(7-11-21)22(28-14-12-27(3)13-15-28)17-25-23(29)16-18-4-8-20(24)9-5-18/h4-11,22H,12-17H2,1-3H3,(H,25,29)/p+2/t22-/m1/s1. The van der Waals surface area contributed by atoms with Crippen molar-refractivity contribution >= 4 is 11.6 Å². The zero-order valence-corrected chi connectivity index (χ0v) is 17.7. The van der Waals surface area contributed by atoms with E-state index in [2.05, 4.69) is 41.5 Å². The first-order valence-corrected chi connectivity index (χ1v) is 10.4. The highest BCUT2D eigenvalue weighted by molar-refractivity contribution is 5.78. The fourth-order valence-corrected chi connectivity index (χ4v) is 3.92. The molecule has 29 heavy (non-hydrogen) atoms. The third-order valence-corrected chi connectivity index (χ3v) is 5.83. The van der Waals surface area contributed by atoms with Crippen LogP contribution in [-0.4, -0.2) is 59.8 Å². The Morgan fingerprint density at radius 2 is 1.66 bits per heavy atom. The van der Waals surface area contributed by atoms with Gasteiger partial charge in [-0.25, -0.2) is 4.39 Å². The molecule has 0 aliphatic carbocycles. The van der Waals surface area contributed by atoms with Gasteiger partial charge in [0.2, 0.25) is 5.91 Å². The lowest BCUT2D eigenvalue weighted by Crippen LogP contribution is -3.27. The van der Waals surface area contributed by atoms with Crippen LogP contribution in [0.15, 0.2) is 48.5 Å². The summed E-state index contributed by atoms with van der Waals surface area (Å²) in [5.41, 5.74) is 3.25. The second kappa shape index (κ2) is 9.85. The quantitative estimate of drug-likeness (QED) is 0.598. The molecule has 3 rings (SSSR count). The number of quaternary nitrogens is 2. The molecule has 0 saturated carbocycles. The van der Waals surface area contributed by atoms with E-state index in [1.54, 1.807) is 17.0 Å². The van der Waals surface area contributed by atoms with Crippen LogP contribution in [-0.2, 0) is 11.2 Å². The predicted molar refractivity (Wildman–Crippen MR) is 114 cm³/mol. The summed E-state index contributed by atoms with van der Waals surface area (Å²) in [6.07, 6.45) is 0.273. The van der Waals surface area contributed by atoms with Gasteiger partial charge in [-0.2, -0.15) is 0 Å². The summed E-state index contributed by atoms with van der Waals surface area (Å²) in [6, 6.07) is 15.0. The highest BCUT2D eigenvalue weighted by Gasteiger charge is 2.29. The number of halogens is 1. The van der Waals surface area contributed by atoms with Crippen molar-refractivity contribution in [1.82, 2.24) is 5.32 Å². The minimum absolute atomic E-state index is 0.0225. The number of hydrogen-bond acceptors (Lipinski definition) is 2. The number of carbonyl (C=O) groups excluding carboxylic acids is 1. The first kappa shape index (κ1) is 21.3. The van der Waals surface area contributed by atoms with Crippen LogP contribution in [0.25, 0.3) is 0 Å². The Morgan fingerprint density at radius 1 is 1.03 bits per heavy atom. The first-order chi connectivity index (χ1) is 13.9. The number of amides is 1. The highest BCUT2D eigenvalue weighted by atomic mass is 19.1. The summed E-state index contributed by atoms with van der Waals surface area (Å²) >= 11 is 0. The minimum Gasteiger partial charge on any atom is -0.378 e. The Hall–Kier alpha value is -2.44. The van der Waals surface area contributed by atoms with Gasteiger partial charge in [0, 0.05) is 25.3 Å². The number of nitrogens with zero attached hydrogens (tertiary/aromatic N) is 1. The number of likely N-dealkylation sites (N-methyl/N-ethyl adjacent to an activating group) is 1. The molecule has 1 aliphatic rings. The van der Waals surface area contributed by atoms with Gasteiger partial charge in [-0.1, -0.05) is 24.3 Å². The van der Waals surface area contributed by atoms with Crippen molar-refractivity contribution in [2.24, 2.45) is 0 Å². The van der Waals surface area contributed by atoms with Crippen LogP contribution in [0.4, 0.5) is 10.1 Å². The molecule has 0 bridgehead atoms. The molecule has 0 unspecified atom stereocenters. The van der Waals surface area contributed by atoms with Crippen molar-refractivity contribution in [3.8, 4) is 0 Å². The molecule has 1 saturated heterocycles.